The quantitative estimate of drug-likeness (QED) is 0.813. The van der Waals surface area contributed by atoms with Crippen molar-refractivity contribution >= 4 is 33.0 Å². The van der Waals surface area contributed by atoms with Gasteiger partial charge in [0.2, 0.25) is 5.78 Å². The highest BCUT2D eigenvalue weighted by Gasteiger charge is 2.12. The molecular formula is C10H7BrN2OS. The Hall–Kier alpha value is -1.07. The minimum absolute atomic E-state index is 0.0567. The molecule has 0 spiro atoms. The molecule has 0 amide bonds. The summed E-state index contributed by atoms with van der Waals surface area (Å²) in [4.78, 5) is 20.6. The van der Waals surface area contributed by atoms with E-state index in [1.807, 2.05) is 11.4 Å². The molecule has 0 aliphatic heterocycles. The van der Waals surface area contributed by atoms with E-state index in [1.165, 1.54) is 0 Å². The maximum absolute atomic E-state index is 11.7. The third-order valence-electron chi connectivity index (χ3n) is 1.83. The average Bonchev–Trinajstić information content (AvgIpc) is 2.66. The summed E-state index contributed by atoms with van der Waals surface area (Å²) in [5, 5.41) is 1.94. The minimum atomic E-state index is -0.0567. The summed E-state index contributed by atoms with van der Waals surface area (Å²) in [6, 6.07) is 3.62. The van der Waals surface area contributed by atoms with Crippen molar-refractivity contribution in [1.29, 1.82) is 0 Å². The zero-order valence-electron chi connectivity index (χ0n) is 7.68. The number of nitrogens with zero attached hydrogens (tertiary/aromatic N) is 2. The van der Waals surface area contributed by atoms with Gasteiger partial charge in [-0.3, -0.25) is 4.79 Å². The lowest BCUT2D eigenvalue weighted by atomic mass is 10.2. The van der Waals surface area contributed by atoms with Crippen molar-refractivity contribution in [2.45, 2.75) is 6.42 Å². The molecule has 0 fully saturated rings. The number of halogens is 1. The van der Waals surface area contributed by atoms with E-state index >= 15 is 0 Å². The summed E-state index contributed by atoms with van der Waals surface area (Å²) in [6.45, 7) is 0. The molecule has 0 atom stereocenters. The maximum Gasteiger partial charge on any atom is 0.205 e. The fourth-order valence-electron chi connectivity index (χ4n) is 1.12. The highest BCUT2D eigenvalue weighted by Crippen LogP contribution is 2.23. The van der Waals surface area contributed by atoms with Crippen LogP contribution in [0.15, 0.2) is 34.4 Å². The molecule has 0 unspecified atom stereocenters. The molecule has 0 N–H and O–H groups in total. The second-order valence-electron chi connectivity index (χ2n) is 2.86. The Kier molecular flexibility index (Phi) is 3.23. The highest BCUT2D eigenvalue weighted by atomic mass is 79.9. The van der Waals surface area contributed by atoms with Gasteiger partial charge < -0.3 is 0 Å². The standard InChI is InChI=1S/C10H7BrN2OS/c11-7-2-5-15-9(7)6-8(14)10-12-3-1-4-13-10/h1-5H,6H2. The highest BCUT2D eigenvalue weighted by molar-refractivity contribution is 9.10. The molecule has 0 saturated carbocycles. The lowest BCUT2D eigenvalue weighted by Crippen LogP contribution is -2.07. The molecule has 0 saturated heterocycles. The predicted molar refractivity (Wildman–Crippen MR) is 62.1 cm³/mol. The number of hydrogen-bond donors (Lipinski definition) is 0. The Bertz CT molecular complexity index is 469. The number of aromatic nitrogens is 2. The molecule has 3 nitrogen and oxygen atoms in total. The van der Waals surface area contributed by atoms with E-state index in [0.29, 0.717) is 6.42 Å². The average molecular weight is 283 g/mol. The van der Waals surface area contributed by atoms with Gasteiger partial charge in [-0.1, -0.05) is 0 Å². The van der Waals surface area contributed by atoms with E-state index in [0.717, 1.165) is 9.35 Å². The predicted octanol–water partition coefficient (Wildman–Crippen LogP) is 2.73. The number of hydrogen-bond acceptors (Lipinski definition) is 4. The van der Waals surface area contributed by atoms with Gasteiger partial charge in [0.05, 0.1) is 0 Å². The number of carbonyl (C=O) groups is 1. The van der Waals surface area contributed by atoms with Crippen molar-refractivity contribution in [3.05, 3.63) is 45.1 Å². The van der Waals surface area contributed by atoms with Gasteiger partial charge in [-0.05, 0) is 33.4 Å². The van der Waals surface area contributed by atoms with Crippen LogP contribution in [0, 0.1) is 0 Å². The van der Waals surface area contributed by atoms with Crippen LogP contribution >= 0.6 is 27.3 Å². The van der Waals surface area contributed by atoms with Crippen LogP contribution < -0.4 is 0 Å². The maximum atomic E-state index is 11.7. The van der Waals surface area contributed by atoms with Crippen LogP contribution in [0.1, 0.15) is 15.5 Å². The Morgan fingerprint density at radius 3 is 2.73 bits per heavy atom. The minimum Gasteiger partial charge on any atom is -0.290 e. The fourth-order valence-corrected chi connectivity index (χ4v) is 2.61. The van der Waals surface area contributed by atoms with Crippen LogP contribution in [-0.2, 0) is 6.42 Å². The van der Waals surface area contributed by atoms with Crippen molar-refractivity contribution < 1.29 is 4.79 Å². The van der Waals surface area contributed by atoms with E-state index in [9.17, 15) is 4.79 Å². The van der Waals surface area contributed by atoms with E-state index < -0.39 is 0 Å². The molecule has 0 radical (unpaired) electrons. The zero-order valence-corrected chi connectivity index (χ0v) is 10.1. The molecule has 2 rings (SSSR count). The normalized spacial score (nSPS) is 10.2. The van der Waals surface area contributed by atoms with Gasteiger partial charge in [0.25, 0.3) is 0 Å². The van der Waals surface area contributed by atoms with Crippen LogP contribution in [0.25, 0.3) is 0 Å². The Morgan fingerprint density at radius 2 is 2.13 bits per heavy atom. The van der Waals surface area contributed by atoms with Crippen molar-refractivity contribution in [1.82, 2.24) is 9.97 Å². The van der Waals surface area contributed by atoms with Gasteiger partial charge in [0.1, 0.15) is 0 Å². The monoisotopic (exact) mass is 282 g/mol. The Balaban J connectivity index is 2.15. The summed E-state index contributed by atoms with van der Waals surface area (Å²) in [6.07, 6.45) is 3.50. The Morgan fingerprint density at radius 1 is 1.40 bits per heavy atom. The van der Waals surface area contributed by atoms with Crippen molar-refractivity contribution in [2.75, 3.05) is 0 Å². The van der Waals surface area contributed by atoms with Gasteiger partial charge in [0, 0.05) is 28.2 Å². The van der Waals surface area contributed by atoms with Crippen LogP contribution in [-0.4, -0.2) is 15.8 Å². The lowest BCUT2D eigenvalue weighted by molar-refractivity contribution is 0.0983. The van der Waals surface area contributed by atoms with Crippen molar-refractivity contribution in [3.63, 3.8) is 0 Å². The molecular weight excluding hydrogens is 276 g/mol. The summed E-state index contributed by atoms with van der Waals surface area (Å²) < 4.78 is 0.969. The van der Waals surface area contributed by atoms with Gasteiger partial charge >= 0.3 is 0 Å². The number of rotatable bonds is 3. The smallest absolute Gasteiger partial charge is 0.205 e. The number of thiophene rings is 1. The molecule has 15 heavy (non-hydrogen) atoms. The lowest BCUT2D eigenvalue weighted by Gasteiger charge is -1.97. The molecule has 2 aromatic rings. The molecule has 76 valence electrons. The first kappa shape index (κ1) is 10.4. The summed E-state index contributed by atoms with van der Waals surface area (Å²) in [7, 11) is 0. The van der Waals surface area contributed by atoms with Gasteiger partial charge in [-0.25, -0.2) is 9.97 Å². The second kappa shape index (κ2) is 4.63. The molecule has 0 bridgehead atoms. The zero-order chi connectivity index (χ0) is 10.7. The Labute approximate surface area is 99.3 Å². The van der Waals surface area contributed by atoms with E-state index in [4.69, 9.17) is 0 Å². The SMILES string of the molecule is O=C(Cc1sccc1Br)c1ncccn1. The second-order valence-corrected chi connectivity index (χ2v) is 4.72. The molecule has 0 aromatic carbocycles. The first-order valence-electron chi connectivity index (χ1n) is 4.29. The third-order valence-corrected chi connectivity index (χ3v) is 3.75. The first-order valence-corrected chi connectivity index (χ1v) is 5.96. The topological polar surface area (TPSA) is 42.9 Å². The number of Topliss-reactive ketones (excluding diaryl/α,β-unsaturated/α-hetero) is 1. The van der Waals surface area contributed by atoms with E-state index in [1.54, 1.807) is 29.8 Å². The summed E-state index contributed by atoms with van der Waals surface area (Å²) in [5.41, 5.74) is 0. The molecule has 0 aliphatic carbocycles. The fraction of sp³-hybridized carbons (Fsp3) is 0.100. The number of ketones is 1. The van der Waals surface area contributed by atoms with Crippen LogP contribution in [0.4, 0.5) is 0 Å². The van der Waals surface area contributed by atoms with E-state index in [-0.39, 0.29) is 11.6 Å². The molecule has 0 aliphatic rings. The molecule has 2 heterocycles. The van der Waals surface area contributed by atoms with Gasteiger partial charge in [0.15, 0.2) is 5.82 Å². The largest absolute Gasteiger partial charge is 0.290 e. The van der Waals surface area contributed by atoms with Gasteiger partial charge in [-0.15, -0.1) is 11.3 Å². The van der Waals surface area contributed by atoms with Crippen LogP contribution in [0.5, 0.6) is 0 Å². The summed E-state index contributed by atoms with van der Waals surface area (Å²) in [5.74, 6) is 0.219. The van der Waals surface area contributed by atoms with Crippen molar-refractivity contribution in [2.24, 2.45) is 0 Å². The van der Waals surface area contributed by atoms with Crippen LogP contribution in [0.2, 0.25) is 0 Å². The van der Waals surface area contributed by atoms with Gasteiger partial charge in [-0.2, -0.15) is 0 Å². The first-order chi connectivity index (χ1) is 7.27. The molecule has 2 aromatic heterocycles. The van der Waals surface area contributed by atoms with E-state index in [2.05, 4.69) is 25.9 Å². The summed E-state index contributed by atoms with van der Waals surface area (Å²) >= 11 is 4.93. The molecule has 5 heteroatoms. The number of carbonyl (C=O) groups excluding carboxylic acids is 1. The van der Waals surface area contributed by atoms with Crippen LogP contribution in [0.3, 0.4) is 0 Å². The third kappa shape index (κ3) is 2.49. The van der Waals surface area contributed by atoms with Crippen molar-refractivity contribution in [3.8, 4) is 0 Å².